The number of phenols is 2. The highest BCUT2D eigenvalue weighted by molar-refractivity contribution is 7.99. The van der Waals surface area contributed by atoms with Crippen molar-refractivity contribution in [3.05, 3.63) is 58.3 Å². The molecule has 0 unspecified atom stereocenters. The smallest absolute Gasteiger partial charge is 0.303 e. The standard InChI is InChI=1S/C35H37NO13S/c1-17(37)44-16-28-31(45-18(2)38)33(46-19(3)39)34(47-20(4)40)35(49-28)50-23-8-6-21(7-9-23)27-15-26(43)30-25(42)14-24(41)29(32(30)48-27)22-10-12-36(5)13-11-22/h6-10,14-15,28,31,33-35,41-42H,11-13,16H2,1-5H3/t28-,31-,33+,34-,35-/m0/s1. The Kier molecular flexibility index (Phi) is 11.2. The molecule has 0 aliphatic carbocycles. The molecule has 3 heterocycles. The molecule has 0 spiro atoms. The van der Waals surface area contributed by atoms with Crippen molar-refractivity contribution in [2.24, 2.45) is 0 Å². The van der Waals surface area contributed by atoms with Crippen molar-refractivity contribution in [3.63, 3.8) is 0 Å². The van der Waals surface area contributed by atoms with Crippen LogP contribution < -0.4 is 5.43 Å². The summed E-state index contributed by atoms with van der Waals surface area (Å²) in [5.41, 5.74) is 0.182. The Hall–Kier alpha value is -4.86. The molecular weight excluding hydrogens is 674 g/mol. The number of aromatic hydroxyl groups is 2. The number of fused-ring (bicyclic) bond motifs is 1. The average Bonchev–Trinajstić information content (AvgIpc) is 3.03. The van der Waals surface area contributed by atoms with Gasteiger partial charge in [-0.1, -0.05) is 30.0 Å². The van der Waals surface area contributed by atoms with E-state index in [9.17, 15) is 34.2 Å². The molecule has 5 atom stereocenters. The van der Waals surface area contributed by atoms with Crippen molar-refractivity contribution in [2.45, 2.75) is 68.9 Å². The molecule has 1 saturated heterocycles. The number of phenolic OH excluding ortho intramolecular Hbond substituents is 2. The van der Waals surface area contributed by atoms with E-state index in [4.69, 9.17) is 28.1 Å². The third kappa shape index (κ3) is 8.29. The quantitative estimate of drug-likeness (QED) is 0.241. The van der Waals surface area contributed by atoms with Crippen molar-refractivity contribution in [1.82, 2.24) is 4.90 Å². The molecule has 2 N–H and O–H groups in total. The number of rotatable bonds is 9. The molecule has 2 aromatic carbocycles. The van der Waals surface area contributed by atoms with Gasteiger partial charge in [0.15, 0.2) is 29.3 Å². The van der Waals surface area contributed by atoms with Crippen molar-refractivity contribution in [3.8, 4) is 22.8 Å². The molecule has 0 bridgehead atoms. The minimum Gasteiger partial charge on any atom is -0.507 e. The van der Waals surface area contributed by atoms with Crippen molar-refractivity contribution in [2.75, 3.05) is 26.7 Å². The van der Waals surface area contributed by atoms with E-state index < -0.39 is 64.9 Å². The van der Waals surface area contributed by atoms with Crippen LogP contribution in [0.15, 0.2) is 56.6 Å². The second kappa shape index (κ2) is 15.4. The molecule has 1 aromatic heterocycles. The van der Waals surface area contributed by atoms with E-state index in [0.29, 0.717) is 29.0 Å². The van der Waals surface area contributed by atoms with Crippen molar-refractivity contribution in [1.29, 1.82) is 0 Å². The fourth-order valence-corrected chi connectivity index (χ4v) is 6.97. The predicted octanol–water partition coefficient (Wildman–Crippen LogP) is 3.77. The molecule has 1 fully saturated rings. The maximum absolute atomic E-state index is 13.3. The molecule has 0 radical (unpaired) electrons. The third-order valence-electron chi connectivity index (χ3n) is 8.03. The summed E-state index contributed by atoms with van der Waals surface area (Å²) in [7, 11) is 1.97. The molecule has 0 saturated carbocycles. The van der Waals surface area contributed by atoms with Crippen LogP contribution in [0.5, 0.6) is 11.5 Å². The van der Waals surface area contributed by atoms with Gasteiger partial charge in [0, 0.05) is 63.4 Å². The van der Waals surface area contributed by atoms with Crippen LogP contribution >= 0.6 is 11.8 Å². The van der Waals surface area contributed by atoms with E-state index >= 15 is 0 Å². The lowest BCUT2D eigenvalue weighted by Gasteiger charge is -2.44. The Labute approximate surface area is 290 Å². The maximum Gasteiger partial charge on any atom is 0.303 e. The number of benzene rings is 2. The summed E-state index contributed by atoms with van der Waals surface area (Å²) in [6.45, 7) is 5.67. The molecule has 5 rings (SSSR count). The van der Waals surface area contributed by atoms with Crippen LogP contribution in [0.1, 0.15) is 39.7 Å². The largest absolute Gasteiger partial charge is 0.507 e. The number of hydrogen-bond donors (Lipinski definition) is 2. The normalized spacial score (nSPS) is 22.3. The summed E-state index contributed by atoms with van der Waals surface area (Å²) < 4.78 is 34.0. The first-order valence-electron chi connectivity index (χ1n) is 15.7. The summed E-state index contributed by atoms with van der Waals surface area (Å²) in [6, 6.07) is 9.14. The Bertz CT molecular complexity index is 1890. The monoisotopic (exact) mass is 711 g/mol. The third-order valence-corrected chi connectivity index (χ3v) is 9.19. The molecule has 15 heteroatoms. The zero-order chi connectivity index (χ0) is 36.3. The summed E-state index contributed by atoms with van der Waals surface area (Å²) in [5, 5.41) is 21.4. The van der Waals surface area contributed by atoms with Crippen molar-refractivity contribution >= 4 is 52.2 Å². The van der Waals surface area contributed by atoms with Gasteiger partial charge in [-0.3, -0.25) is 24.0 Å². The van der Waals surface area contributed by atoms with E-state index in [2.05, 4.69) is 4.90 Å². The minimum atomic E-state index is -1.31. The van der Waals surface area contributed by atoms with Gasteiger partial charge in [0.25, 0.3) is 0 Å². The van der Waals surface area contributed by atoms with E-state index in [0.717, 1.165) is 43.8 Å². The average molecular weight is 712 g/mol. The number of carbonyl (C=O) groups excluding carboxylic acids is 4. The van der Waals surface area contributed by atoms with Gasteiger partial charge in [0.05, 0.1) is 5.56 Å². The minimum absolute atomic E-state index is 0.0442. The SMILES string of the molecule is CC(=O)OC[C@@H]1O[C@@H](Sc2ccc(-c3cc(=O)c4c(O)cc(O)c(C5=CCN(C)CC5)c4o3)cc2)[C@@H](OC(C)=O)[C@H](OC(C)=O)[C@H]1OC(C)=O. The second-order valence-electron chi connectivity index (χ2n) is 11.9. The maximum atomic E-state index is 13.3. The molecule has 2 aliphatic rings. The Morgan fingerprint density at radius 1 is 0.880 bits per heavy atom. The molecule has 50 heavy (non-hydrogen) atoms. The van der Waals surface area contributed by atoms with Gasteiger partial charge in [0.1, 0.15) is 40.8 Å². The van der Waals surface area contributed by atoms with Gasteiger partial charge >= 0.3 is 23.9 Å². The lowest BCUT2D eigenvalue weighted by atomic mass is 9.96. The number of ether oxygens (including phenoxy) is 5. The molecule has 3 aromatic rings. The van der Waals surface area contributed by atoms with Crippen LogP contribution in [0.4, 0.5) is 0 Å². The highest BCUT2D eigenvalue weighted by Crippen LogP contribution is 2.41. The molecule has 14 nitrogen and oxygen atoms in total. The molecule has 2 aliphatic heterocycles. The number of esters is 4. The Morgan fingerprint density at radius 3 is 2.12 bits per heavy atom. The lowest BCUT2D eigenvalue weighted by molar-refractivity contribution is -0.237. The Balaban J connectivity index is 1.49. The fraction of sp³-hybridized carbons (Fsp3) is 0.400. The van der Waals surface area contributed by atoms with E-state index in [1.807, 2.05) is 13.1 Å². The number of likely N-dealkylation sites (N-methyl/N-ethyl adjacent to an activating group) is 1. The van der Waals surface area contributed by atoms with Gasteiger partial charge in [-0.15, -0.1) is 0 Å². The van der Waals surface area contributed by atoms with Crippen molar-refractivity contribution < 1.29 is 57.5 Å². The van der Waals surface area contributed by atoms with Crippen LogP contribution in [0, 0.1) is 0 Å². The molecule has 266 valence electrons. The van der Waals surface area contributed by atoms with E-state index in [1.165, 1.54) is 19.9 Å². The number of hydrogen-bond acceptors (Lipinski definition) is 15. The van der Waals surface area contributed by atoms with Crippen LogP contribution in [0.25, 0.3) is 27.9 Å². The lowest BCUT2D eigenvalue weighted by Crippen LogP contribution is -2.61. The predicted molar refractivity (Wildman–Crippen MR) is 179 cm³/mol. The van der Waals surface area contributed by atoms with Crippen LogP contribution in [0.3, 0.4) is 0 Å². The number of thioether (sulfide) groups is 1. The van der Waals surface area contributed by atoms with E-state index in [-0.39, 0.29) is 29.1 Å². The summed E-state index contributed by atoms with van der Waals surface area (Å²) >= 11 is 1.10. The van der Waals surface area contributed by atoms with Gasteiger partial charge in [-0.2, -0.15) is 0 Å². The zero-order valence-electron chi connectivity index (χ0n) is 28.0. The van der Waals surface area contributed by atoms with Gasteiger partial charge in [-0.05, 0) is 31.2 Å². The highest BCUT2D eigenvalue weighted by atomic mass is 32.2. The molecule has 0 amide bonds. The Morgan fingerprint density at radius 2 is 1.52 bits per heavy atom. The van der Waals surface area contributed by atoms with Gasteiger partial charge in [0.2, 0.25) is 0 Å². The first-order valence-corrected chi connectivity index (χ1v) is 16.6. The first-order chi connectivity index (χ1) is 23.7. The van der Waals surface area contributed by atoms with E-state index in [1.54, 1.807) is 24.3 Å². The summed E-state index contributed by atoms with van der Waals surface area (Å²) in [5.74, 6) is -3.22. The first kappa shape index (κ1) is 36.4. The van der Waals surface area contributed by atoms with Crippen LogP contribution in [-0.4, -0.2) is 95.6 Å². The highest BCUT2D eigenvalue weighted by Gasteiger charge is 2.52. The van der Waals surface area contributed by atoms with Gasteiger partial charge in [-0.25, -0.2) is 0 Å². The topological polar surface area (TPSA) is 188 Å². The summed E-state index contributed by atoms with van der Waals surface area (Å²) in [4.78, 5) is 64.0. The second-order valence-corrected chi connectivity index (χ2v) is 13.1. The molecular formula is C35H37NO13S. The van der Waals surface area contributed by atoms with Gasteiger partial charge < -0.3 is 43.2 Å². The number of carbonyl (C=O) groups is 4. The van der Waals surface area contributed by atoms with Crippen LogP contribution in [-0.2, 0) is 42.9 Å². The summed E-state index contributed by atoms with van der Waals surface area (Å²) in [6.07, 6.45) is -2.37. The fourth-order valence-electron chi connectivity index (χ4n) is 5.87. The zero-order valence-corrected chi connectivity index (χ0v) is 28.8. The van der Waals surface area contributed by atoms with Crippen LogP contribution in [0.2, 0.25) is 0 Å². The number of nitrogens with zero attached hydrogens (tertiary/aromatic N) is 1.